The normalized spacial score (nSPS) is 12.0. The van der Waals surface area contributed by atoms with Gasteiger partial charge in [-0.15, -0.1) is 0 Å². The number of allylic oxidation sites excluding steroid dienone is 1. The minimum Gasteiger partial charge on any atom is -0.491 e. The Morgan fingerprint density at radius 3 is 2.27 bits per heavy atom. The standard InChI is InChI=1S/C16H19Cl2NO3/c1-4-20-15(16(21-5-2)22-6-3)12(10-19)11-8-7-9-13(17)14(11)18/h7-9,16H,4-6H2,1-3H3/b15-12+. The number of benzene rings is 1. The highest BCUT2D eigenvalue weighted by Crippen LogP contribution is 2.33. The van der Waals surface area contributed by atoms with E-state index in [1.165, 1.54) is 0 Å². The first-order chi connectivity index (χ1) is 10.6. The number of rotatable bonds is 8. The van der Waals surface area contributed by atoms with E-state index in [0.29, 0.717) is 41.2 Å². The van der Waals surface area contributed by atoms with Gasteiger partial charge in [-0.25, -0.2) is 0 Å². The fraction of sp³-hybridized carbons (Fsp3) is 0.438. The Bertz CT molecular complexity index is 561. The lowest BCUT2D eigenvalue weighted by Gasteiger charge is -2.22. The molecule has 0 aromatic heterocycles. The fourth-order valence-electron chi connectivity index (χ4n) is 1.86. The van der Waals surface area contributed by atoms with Crippen molar-refractivity contribution in [2.45, 2.75) is 27.1 Å². The van der Waals surface area contributed by atoms with Crippen LogP contribution < -0.4 is 0 Å². The van der Waals surface area contributed by atoms with Crippen LogP contribution in [0.15, 0.2) is 24.0 Å². The summed E-state index contributed by atoms with van der Waals surface area (Å²) in [5.41, 5.74) is 0.741. The fourth-order valence-corrected chi connectivity index (χ4v) is 2.26. The Kier molecular flexibility index (Phi) is 8.29. The van der Waals surface area contributed by atoms with Crippen molar-refractivity contribution in [2.75, 3.05) is 19.8 Å². The summed E-state index contributed by atoms with van der Waals surface area (Å²) in [5.74, 6) is 0.304. The molecule has 0 saturated heterocycles. The molecule has 0 spiro atoms. The van der Waals surface area contributed by atoms with Crippen molar-refractivity contribution < 1.29 is 14.2 Å². The molecule has 0 saturated carbocycles. The second-order valence-corrected chi connectivity index (χ2v) is 4.91. The molecule has 0 radical (unpaired) electrons. The molecule has 0 unspecified atom stereocenters. The lowest BCUT2D eigenvalue weighted by Crippen LogP contribution is -2.23. The van der Waals surface area contributed by atoms with Crippen LogP contribution in [0.3, 0.4) is 0 Å². The van der Waals surface area contributed by atoms with E-state index in [1.54, 1.807) is 18.2 Å². The molecule has 6 heteroatoms. The van der Waals surface area contributed by atoms with Crippen LogP contribution in [0.5, 0.6) is 0 Å². The lowest BCUT2D eigenvalue weighted by atomic mass is 10.1. The molecule has 1 aromatic rings. The Balaban J connectivity index is 3.45. The van der Waals surface area contributed by atoms with Gasteiger partial charge in [0.05, 0.1) is 16.7 Å². The highest BCUT2D eigenvalue weighted by atomic mass is 35.5. The Hall–Kier alpha value is -1.25. The summed E-state index contributed by atoms with van der Waals surface area (Å²) in [6.45, 7) is 6.72. The smallest absolute Gasteiger partial charge is 0.218 e. The zero-order valence-electron chi connectivity index (χ0n) is 12.9. The molecule has 0 aliphatic carbocycles. The van der Waals surface area contributed by atoms with Gasteiger partial charge in [0.1, 0.15) is 11.6 Å². The van der Waals surface area contributed by atoms with Crippen molar-refractivity contribution in [3.8, 4) is 6.07 Å². The molecule has 1 aromatic carbocycles. The van der Waals surface area contributed by atoms with Crippen molar-refractivity contribution in [1.29, 1.82) is 5.26 Å². The van der Waals surface area contributed by atoms with Gasteiger partial charge in [-0.05, 0) is 26.8 Å². The van der Waals surface area contributed by atoms with E-state index in [4.69, 9.17) is 37.4 Å². The number of hydrogen-bond acceptors (Lipinski definition) is 4. The van der Waals surface area contributed by atoms with Gasteiger partial charge in [0.2, 0.25) is 6.29 Å². The molecule has 0 aliphatic rings. The lowest BCUT2D eigenvalue weighted by molar-refractivity contribution is -0.135. The quantitative estimate of drug-likeness (QED) is 0.391. The van der Waals surface area contributed by atoms with E-state index < -0.39 is 6.29 Å². The summed E-state index contributed by atoms with van der Waals surface area (Å²) in [6.07, 6.45) is -0.764. The summed E-state index contributed by atoms with van der Waals surface area (Å²) >= 11 is 12.2. The topological polar surface area (TPSA) is 51.5 Å². The monoisotopic (exact) mass is 343 g/mol. The first-order valence-electron chi connectivity index (χ1n) is 7.05. The Morgan fingerprint density at radius 2 is 1.77 bits per heavy atom. The van der Waals surface area contributed by atoms with Crippen molar-refractivity contribution in [2.24, 2.45) is 0 Å². The third-order valence-corrected chi connectivity index (χ3v) is 3.55. The highest BCUT2D eigenvalue weighted by Gasteiger charge is 2.24. The predicted octanol–water partition coefficient (Wildman–Crippen LogP) is 4.66. The van der Waals surface area contributed by atoms with Gasteiger partial charge in [-0.1, -0.05) is 35.3 Å². The zero-order valence-corrected chi connectivity index (χ0v) is 14.4. The average Bonchev–Trinajstić information content (AvgIpc) is 2.51. The molecular weight excluding hydrogens is 325 g/mol. The Labute approximate surface area is 141 Å². The Morgan fingerprint density at radius 1 is 1.14 bits per heavy atom. The maximum absolute atomic E-state index is 9.58. The van der Waals surface area contributed by atoms with Crippen molar-refractivity contribution >= 4 is 28.8 Å². The minimum absolute atomic E-state index is 0.251. The predicted molar refractivity (Wildman–Crippen MR) is 87.7 cm³/mol. The second kappa shape index (κ2) is 9.70. The molecule has 1 rings (SSSR count). The molecule has 120 valence electrons. The molecular formula is C16H19Cl2NO3. The van der Waals surface area contributed by atoms with E-state index in [0.717, 1.165) is 0 Å². The maximum atomic E-state index is 9.58. The summed E-state index contributed by atoms with van der Waals surface area (Å²) in [4.78, 5) is 0. The number of nitriles is 1. The first-order valence-corrected chi connectivity index (χ1v) is 7.80. The molecule has 22 heavy (non-hydrogen) atoms. The van der Waals surface area contributed by atoms with Gasteiger partial charge in [0, 0.05) is 18.8 Å². The SMILES string of the molecule is CCO/C(=C(\C#N)c1cccc(Cl)c1Cl)C(OCC)OCC. The van der Waals surface area contributed by atoms with Crippen LogP contribution in [-0.4, -0.2) is 26.1 Å². The molecule has 0 atom stereocenters. The van der Waals surface area contributed by atoms with E-state index in [-0.39, 0.29) is 5.57 Å². The van der Waals surface area contributed by atoms with Crippen LogP contribution in [0, 0.1) is 11.3 Å². The first kappa shape index (κ1) is 18.8. The second-order valence-electron chi connectivity index (χ2n) is 4.13. The molecule has 4 nitrogen and oxygen atoms in total. The van der Waals surface area contributed by atoms with Crippen LogP contribution in [-0.2, 0) is 14.2 Å². The molecule has 0 N–H and O–H groups in total. The summed E-state index contributed by atoms with van der Waals surface area (Å²) in [5, 5.41) is 10.2. The van der Waals surface area contributed by atoms with E-state index in [1.807, 2.05) is 20.8 Å². The van der Waals surface area contributed by atoms with Gasteiger partial charge in [-0.2, -0.15) is 5.26 Å². The van der Waals surface area contributed by atoms with Crippen LogP contribution in [0.25, 0.3) is 5.57 Å². The molecule has 0 aliphatic heterocycles. The molecule has 0 fully saturated rings. The summed E-state index contributed by atoms with van der Waals surface area (Å²) in [6, 6.07) is 7.21. The van der Waals surface area contributed by atoms with E-state index >= 15 is 0 Å². The number of halogens is 2. The number of hydrogen-bond donors (Lipinski definition) is 0. The van der Waals surface area contributed by atoms with Gasteiger partial charge in [0.25, 0.3) is 0 Å². The maximum Gasteiger partial charge on any atom is 0.218 e. The third-order valence-electron chi connectivity index (χ3n) is 2.73. The largest absolute Gasteiger partial charge is 0.491 e. The van der Waals surface area contributed by atoms with E-state index in [2.05, 4.69) is 6.07 Å². The number of nitrogens with zero attached hydrogens (tertiary/aromatic N) is 1. The van der Waals surface area contributed by atoms with Gasteiger partial charge in [-0.3, -0.25) is 0 Å². The number of ether oxygens (including phenoxy) is 3. The van der Waals surface area contributed by atoms with Gasteiger partial charge < -0.3 is 14.2 Å². The van der Waals surface area contributed by atoms with Gasteiger partial charge in [0.15, 0.2) is 5.76 Å². The van der Waals surface area contributed by atoms with Crippen LogP contribution in [0.2, 0.25) is 10.0 Å². The minimum atomic E-state index is -0.764. The third kappa shape index (κ3) is 4.62. The molecule has 0 bridgehead atoms. The van der Waals surface area contributed by atoms with E-state index in [9.17, 15) is 5.26 Å². The van der Waals surface area contributed by atoms with Crippen molar-refractivity contribution in [1.82, 2.24) is 0 Å². The van der Waals surface area contributed by atoms with Crippen LogP contribution >= 0.6 is 23.2 Å². The van der Waals surface area contributed by atoms with Crippen LogP contribution in [0.1, 0.15) is 26.3 Å². The van der Waals surface area contributed by atoms with Gasteiger partial charge >= 0.3 is 0 Å². The highest BCUT2D eigenvalue weighted by molar-refractivity contribution is 6.43. The summed E-state index contributed by atoms with van der Waals surface area (Å²) in [7, 11) is 0. The zero-order chi connectivity index (χ0) is 16.5. The van der Waals surface area contributed by atoms with Crippen LogP contribution in [0.4, 0.5) is 0 Å². The van der Waals surface area contributed by atoms with Crippen molar-refractivity contribution in [3.05, 3.63) is 39.6 Å². The molecule has 0 amide bonds. The average molecular weight is 344 g/mol. The summed E-state index contributed by atoms with van der Waals surface area (Å²) < 4.78 is 16.7. The van der Waals surface area contributed by atoms with Crippen molar-refractivity contribution in [3.63, 3.8) is 0 Å². The molecule has 0 heterocycles.